The fourth-order valence-corrected chi connectivity index (χ4v) is 2.45. The molecule has 2 aromatic rings. The summed E-state index contributed by atoms with van der Waals surface area (Å²) in [7, 11) is 1.15. The maximum Gasteiger partial charge on any atom is 0.434 e. The van der Waals surface area contributed by atoms with E-state index in [0.717, 1.165) is 12.6 Å². The van der Waals surface area contributed by atoms with E-state index in [0.29, 0.717) is 11.3 Å². The minimum absolute atomic E-state index is 0.000533. The predicted octanol–water partition coefficient (Wildman–Crippen LogP) is 2.78. The largest absolute Gasteiger partial charge is 0.465 e. The van der Waals surface area contributed by atoms with Crippen molar-refractivity contribution in [3.05, 3.63) is 39.8 Å². The first-order valence-corrected chi connectivity index (χ1v) is 6.92. The zero-order valence-corrected chi connectivity index (χ0v) is 12.4. The lowest BCUT2D eigenvalue weighted by molar-refractivity contribution is -0.141. The summed E-state index contributed by atoms with van der Waals surface area (Å²) in [5.41, 5.74) is 5.27. The smallest absolute Gasteiger partial charge is 0.434 e. The van der Waals surface area contributed by atoms with Gasteiger partial charge in [0.2, 0.25) is 0 Å². The lowest BCUT2D eigenvalue weighted by Gasteiger charge is -2.11. The number of para-hydroxylation sites is 1. The van der Waals surface area contributed by atoms with Gasteiger partial charge in [0.05, 0.1) is 29.6 Å². The maximum absolute atomic E-state index is 12.8. The zero-order chi connectivity index (χ0) is 17.2. The number of hydrogen-bond acceptors (Lipinski definition) is 6. The van der Waals surface area contributed by atoms with E-state index < -0.39 is 28.6 Å². The number of ether oxygens (including phenoxy) is 1. The molecule has 23 heavy (non-hydrogen) atoms. The van der Waals surface area contributed by atoms with E-state index in [1.165, 1.54) is 18.2 Å². The minimum atomic E-state index is -4.74. The fourth-order valence-electron chi connectivity index (χ4n) is 1.75. The first kappa shape index (κ1) is 16.7. The Morgan fingerprint density at radius 3 is 2.65 bits per heavy atom. The van der Waals surface area contributed by atoms with Crippen molar-refractivity contribution in [3.63, 3.8) is 0 Å². The number of hydrogen-bond donors (Lipinski definition) is 2. The summed E-state index contributed by atoms with van der Waals surface area (Å²) in [6.45, 7) is 0. The number of nitrogens with two attached hydrogens (primary N) is 1. The maximum atomic E-state index is 12.8. The third-order valence-electron chi connectivity index (χ3n) is 2.80. The number of carbonyl (C=O) groups is 2. The molecule has 6 nitrogen and oxygen atoms in total. The summed E-state index contributed by atoms with van der Waals surface area (Å²) >= 11 is 0.549. The number of carbonyl (C=O) groups excluding carboxylic acids is 2. The van der Waals surface area contributed by atoms with Crippen LogP contribution in [-0.2, 0) is 10.9 Å². The van der Waals surface area contributed by atoms with Crippen molar-refractivity contribution in [3.8, 4) is 0 Å². The van der Waals surface area contributed by atoms with E-state index in [1.807, 2.05) is 0 Å². The van der Waals surface area contributed by atoms with E-state index in [-0.39, 0.29) is 16.9 Å². The first-order chi connectivity index (χ1) is 10.8. The van der Waals surface area contributed by atoms with E-state index in [1.54, 1.807) is 0 Å². The van der Waals surface area contributed by atoms with Gasteiger partial charge in [0.1, 0.15) is 4.88 Å². The van der Waals surface area contributed by atoms with Crippen LogP contribution in [0.15, 0.2) is 23.7 Å². The number of nitrogens with zero attached hydrogens (tertiary/aromatic N) is 1. The van der Waals surface area contributed by atoms with Crippen molar-refractivity contribution < 1.29 is 27.5 Å². The quantitative estimate of drug-likeness (QED) is 0.659. The van der Waals surface area contributed by atoms with Crippen molar-refractivity contribution in [2.24, 2.45) is 0 Å². The number of alkyl halides is 3. The molecule has 0 saturated carbocycles. The molecular weight excluding hydrogens is 335 g/mol. The van der Waals surface area contributed by atoms with Crippen LogP contribution in [0.25, 0.3) is 0 Å². The second kappa shape index (κ2) is 6.24. The Morgan fingerprint density at radius 1 is 1.35 bits per heavy atom. The molecule has 2 rings (SSSR count). The summed E-state index contributed by atoms with van der Waals surface area (Å²) in [6, 6.07) is 4.13. The first-order valence-electron chi connectivity index (χ1n) is 6.04. The van der Waals surface area contributed by atoms with Crippen molar-refractivity contribution in [1.82, 2.24) is 4.98 Å². The van der Waals surface area contributed by atoms with Gasteiger partial charge in [-0.25, -0.2) is 9.78 Å². The lowest BCUT2D eigenvalue weighted by atomic mass is 10.1. The highest BCUT2D eigenvalue weighted by atomic mass is 32.1. The molecule has 122 valence electrons. The van der Waals surface area contributed by atoms with Crippen molar-refractivity contribution >= 4 is 34.6 Å². The Labute approximate surface area is 132 Å². The summed E-state index contributed by atoms with van der Waals surface area (Å²) in [5.74, 6) is -1.75. The molecule has 0 aliphatic rings. The molecular formula is C13H10F3N3O3S. The number of anilines is 2. The van der Waals surface area contributed by atoms with Gasteiger partial charge in [-0.3, -0.25) is 4.79 Å². The second-order valence-corrected chi connectivity index (χ2v) is 5.10. The van der Waals surface area contributed by atoms with Crippen LogP contribution in [0.2, 0.25) is 0 Å². The number of aromatic nitrogens is 1. The number of methoxy groups -OCH3 is 1. The zero-order valence-electron chi connectivity index (χ0n) is 11.6. The second-order valence-electron chi connectivity index (χ2n) is 4.24. The van der Waals surface area contributed by atoms with Gasteiger partial charge in [0, 0.05) is 0 Å². The molecule has 1 amide bonds. The number of nitrogen functional groups attached to an aromatic ring is 1. The van der Waals surface area contributed by atoms with Gasteiger partial charge >= 0.3 is 12.1 Å². The molecule has 0 unspecified atom stereocenters. The number of esters is 1. The van der Waals surface area contributed by atoms with E-state index in [2.05, 4.69) is 15.0 Å². The predicted molar refractivity (Wildman–Crippen MR) is 77.3 cm³/mol. The summed E-state index contributed by atoms with van der Waals surface area (Å²) in [4.78, 5) is 26.1. The molecule has 10 heteroatoms. The Balaban J connectivity index is 2.32. The van der Waals surface area contributed by atoms with Crippen molar-refractivity contribution in [2.75, 3.05) is 18.2 Å². The van der Waals surface area contributed by atoms with Crippen LogP contribution in [0.1, 0.15) is 25.7 Å². The number of thiazole rings is 1. The van der Waals surface area contributed by atoms with Crippen LogP contribution in [0, 0.1) is 0 Å². The molecule has 0 spiro atoms. The molecule has 0 atom stereocenters. The molecule has 1 aromatic carbocycles. The molecule has 0 fully saturated rings. The number of nitrogens with one attached hydrogen (secondary N) is 1. The average Bonchev–Trinajstić information content (AvgIpc) is 2.98. The monoisotopic (exact) mass is 345 g/mol. The molecule has 1 aromatic heterocycles. The highest BCUT2D eigenvalue weighted by Gasteiger charge is 2.38. The molecule has 3 N–H and O–H groups in total. The molecule has 0 aliphatic carbocycles. The lowest BCUT2D eigenvalue weighted by Crippen LogP contribution is -2.18. The summed E-state index contributed by atoms with van der Waals surface area (Å²) < 4.78 is 42.8. The number of amides is 1. The van der Waals surface area contributed by atoms with Crippen LogP contribution in [-0.4, -0.2) is 24.0 Å². The third kappa shape index (κ3) is 3.42. The minimum Gasteiger partial charge on any atom is -0.465 e. The Morgan fingerprint density at radius 2 is 2.04 bits per heavy atom. The van der Waals surface area contributed by atoms with Crippen molar-refractivity contribution in [1.29, 1.82) is 0 Å². The van der Waals surface area contributed by atoms with E-state index in [4.69, 9.17) is 5.73 Å². The van der Waals surface area contributed by atoms with Crippen molar-refractivity contribution in [2.45, 2.75) is 6.18 Å². The van der Waals surface area contributed by atoms with Gasteiger partial charge in [0.25, 0.3) is 5.91 Å². The van der Waals surface area contributed by atoms with Gasteiger partial charge in [0.15, 0.2) is 5.69 Å². The molecule has 0 saturated heterocycles. The van der Waals surface area contributed by atoms with Gasteiger partial charge in [-0.2, -0.15) is 13.2 Å². The normalized spacial score (nSPS) is 11.1. The van der Waals surface area contributed by atoms with Gasteiger partial charge in [-0.05, 0) is 12.1 Å². The van der Waals surface area contributed by atoms with Crippen LogP contribution < -0.4 is 11.1 Å². The van der Waals surface area contributed by atoms with Gasteiger partial charge < -0.3 is 15.8 Å². The topological polar surface area (TPSA) is 94.3 Å². The van der Waals surface area contributed by atoms with Crippen LogP contribution in [0.4, 0.5) is 24.5 Å². The van der Waals surface area contributed by atoms with Crippen LogP contribution in [0.5, 0.6) is 0 Å². The number of halogens is 3. The summed E-state index contributed by atoms with van der Waals surface area (Å²) in [5, 5.41) is 2.24. The Kier molecular flexibility index (Phi) is 4.55. The number of rotatable bonds is 3. The van der Waals surface area contributed by atoms with Crippen LogP contribution in [0.3, 0.4) is 0 Å². The van der Waals surface area contributed by atoms with Gasteiger partial charge in [-0.15, -0.1) is 11.3 Å². The molecule has 0 aliphatic heterocycles. The Bertz CT molecular complexity index is 758. The van der Waals surface area contributed by atoms with Crippen LogP contribution >= 0.6 is 11.3 Å². The van der Waals surface area contributed by atoms with E-state index >= 15 is 0 Å². The summed E-state index contributed by atoms with van der Waals surface area (Å²) in [6.07, 6.45) is -4.74. The third-order valence-corrected chi connectivity index (χ3v) is 3.63. The highest BCUT2D eigenvalue weighted by molar-refractivity contribution is 7.12. The standard InChI is InChI=1S/C13H10F3N3O3S/c1-22-12(21)6-3-2-4-7(8(6)17)19-11(20)9-10(13(14,15)16)18-5-23-9/h2-5H,17H2,1H3,(H,19,20). The fraction of sp³-hybridized carbons (Fsp3) is 0.154. The number of benzene rings is 1. The highest BCUT2D eigenvalue weighted by Crippen LogP contribution is 2.33. The molecule has 1 heterocycles. The molecule has 0 bridgehead atoms. The average molecular weight is 345 g/mol. The Hall–Kier alpha value is -2.62. The van der Waals surface area contributed by atoms with E-state index in [9.17, 15) is 22.8 Å². The van der Waals surface area contributed by atoms with Gasteiger partial charge in [-0.1, -0.05) is 6.07 Å². The SMILES string of the molecule is COC(=O)c1cccc(NC(=O)c2scnc2C(F)(F)F)c1N. The molecule has 0 radical (unpaired) electrons.